The Kier molecular flexibility index (Phi) is 5.21. The van der Waals surface area contributed by atoms with Gasteiger partial charge in [-0.1, -0.05) is 25.0 Å². The number of carbonyl (C=O) groups is 1. The first kappa shape index (κ1) is 16.3. The molecular weight excluding hydrogens is 288 g/mol. The second-order valence-corrected chi connectivity index (χ2v) is 6.95. The number of anilines is 1. The Bertz CT molecular complexity index is 538. The molecule has 2 aliphatic rings. The van der Waals surface area contributed by atoms with Crippen LogP contribution in [-0.4, -0.2) is 44.2 Å². The van der Waals surface area contributed by atoms with E-state index in [4.69, 9.17) is 4.74 Å². The van der Waals surface area contributed by atoms with Gasteiger partial charge >= 0.3 is 0 Å². The molecule has 1 saturated carbocycles. The fraction of sp³-hybridized carbons (Fsp3) is 0.632. The normalized spacial score (nSPS) is 21.8. The molecule has 4 nitrogen and oxygen atoms in total. The Hall–Kier alpha value is -1.55. The Morgan fingerprint density at radius 3 is 2.74 bits per heavy atom. The summed E-state index contributed by atoms with van der Waals surface area (Å²) in [5.41, 5.74) is 2.42. The molecule has 3 rings (SSSR count). The zero-order chi connectivity index (χ0) is 16.2. The summed E-state index contributed by atoms with van der Waals surface area (Å²) in [4.78, 5) is 16.7. The van der Waals surface area contributed by atoms with Crippen LogP contribution >= 0.6 is 0 Å². The maximum atomic E-state index is 12.6. The van der Waals surface area contributed by atoms with Gasteiger partial charge < -0.3 is 14.5 Å². The number of carbonyl (C=O) groups excluding carboxylic acids is 1. The van der Waals surface area contributed by atoms with E-state index in [0.717, 1.165) is 32.2 Å². The summed E-state index contributed by atoms with van der Waals surface area (Å²) in [5, 5.41) is 0. The number of hydrogen-bond donors (Lipinski definition) is 0. The topological polar surface area (TPSA) is 32.8 Å². The molecule has 1 amide bonds. The lowest BCUT2D eigenvalue weighted by molar-refractivity contribution is -0.139. The smallest absolute Gasteiger partial charge is 0.249 e. The standard InChI is InChI=1S/C19H28N2O2/c1-20(2)16-8-5-7-15(13-16)18-11-6-12-21(18)19(22)14-23-17-9-3-4-10-17/h5,7-8,13,17-18H,3-4,6,9-12,14H2,1-2H3/t18-/m0/s1. The van der Waals surface area contributed by atoms with Crippen molar-refractivity contribution >= 4 is 11.6 Å². The lowest BCUT2D eigenvalue weighted by Gasteiger charge is -2.26. The van der Waals surface area contributed by atoms with E-state index < -0.39 is 0 Å². The highest BCUT2D eigenvalue weighted by Gasteiger charge is 2.30. The molecule has 1 saturated heterocycles. The molecular formula is C19H28N2O2. The Morgan fingerprint density at radius 2 is 2.00 bits per heavy atom. The summed E-state index contributed by atoms with van der Waals surface area (Å²) in [6.07, 6.45) is 7.13. The van der Waals surface area contributed by atoms with Gasteiger partial charge in [0.15, 0.2) is 0 Å². The second-order valence-electron chi connectivity index (χ2n) is 6.95. The van der Waals surface area contributed by atoms with Crippen LogP contribution in [0, 0.1) is 0 Å². The highest BCUT2D eigenvalue weighted by Crippen LogP contribution is 2.33. The van der Waals surface area contributed by atoms with Gasteiger partial charge in [-0.2, -0.15) is 0 Å². The number of hydrogen-bond acceptors (Lipinski definition) is 3. The van der Waals surface area contributed by atoms with Gasteiger partial charge in [-0.15, -0.1) is 0 Å². The van der Waals surface area contributed by atoms with Crippen LogP contribution in [0.5, 0.6) is 0 Å². The number of likely N-dealkylation sites (tertiary alicyclic amines) is 1. The van der Waals surface area contributed by atoms with E-state index in [1.54, 1.807) is 0 Å². The van der Waals surface area contributed by atoms with Crippen molar-refractivity contribution in [3.8, 4) is 0 Å². The number of ether oxygens (including phenoxy) is 1. The van der Waals surface area contributed by atoms with Crippen LogP contribution in [-0.2, 0) is 9.53 Å². The molecule has 1 heterocycles. The highest BCUT2D eigenvalue weighted by molar-refractivity contribution is 5.78. The second kappa shape index (κ2) is 7.35. The van der Waals surface area contributed by atoms with Crippen LogP contribution in [0.1, 0.15) is 50.1 Å². The maximum Gasteiger partial charge on any atom is 0.249 e. The SMILES string of the molecule is CN(C)c1cccc([C@@H]2CCCN2C(=O)COC2CCCC2)c1. The minimum Gasteiger partial charge on any atom is -0.378 e. The van der Waals surface area contributed by atoms with Gasteiger partial charge in [0, 0.05) is 26.3 Å². The van der Waals surface area contributed by atoms with Crippen LogP contribution < -0.4 is 4.90 Å². The first-order valence-electron chi connectivity index (χ1n) is 8.83. The third-order valence-corrected chi connectivity index (χ3v) is 5.09. The number of amides is 1. The molecule has 0 unspecified atom stereocenters. The zero-order valence-electron chi connectivity index (χ0n) is 14.3. The van der Waals surface area contributed by atoms with Gasteiger partial charge in [0.2, 0.25) is 5.91 Å². The first-order valence-corrected chi connectivity index (χ1v) is 8.83. The van der Waals surface area contributed by atoms with E-state index >= 15 is 0 Å². The van der Waals surface area contributed by atoms with Crippen molar-refractivity contribution in [2.45, 2.75) is 50.7 Å². The lowest BCUT2D eigenvalue weighted by Crippen LogP contribution is -2.34. The molecule has 23 heavy (non-hydrogen) atoms. The monoisotopic (exact) mass is 316 g/mol. The molecule has 1 aromatic rings. The average Bonchev–Trinajstić information content (AvgIpc) is 3.24. The Labute approximate surface area is 139 Å². The van der Waals surface area contributed by atoms with Crippen molar-refractivity contribution in [3.05, 3.63) is 29.8 Å². The maximum absolute atomic E-state index is 12.6. The van der Waals surface area contributed by atoms with Crippen molar-refractivity contribution < 1.29 is 9.53 Å². The van der Waals surface area contributed by atoms with Crippen molar-refractivity contribution in [1.82, 2.24) is 4.90 Å². The van der Waals surface area contributed by atoms with Gasteiger partial charge in [-0.25, -0.2) is 0 Å². The van der Waals surface area contributed by atoms with Crippen molar-refractivity contribution in [1.29, 1.82) is 0 Å². The third-order valence-electron chi connectivity index (χ3n) is 5.09. The lowest BCUT2D eigenvalue weighted by atomic mass is 10.0. The summed E-state index contributed by atoms with van der Waals surface area (Å²) in [5.74, 6) is 0.148. The van der Waals surface area contributed by atoms with E-state index in [9.17, 15) is 4.79 Å². The summed E-state index contributed by atoms with van der Waals surface area (Å²) >= 11 is 0. The fourth-order valence-corrected chi connectivity index (χ4v) is 3.75. The molecule has 0 spiro atoms. The van der Waals surface area contributed by atoms with E-state index in [0.29, 0.717) is 6.10 Å². The molecule has 1 aromatic carbocycles. The van der Waals surface area contributed by atoms with Gasteiger partial charge in [-0.3, -0.25) is 4.79 Å². The number of benzene rings is 1. The van der Waals surface area contributed by atoms with Crippen molar-refractivity contribution in [3.63, 3.8) is 0 Å². The zero-order valence-corrected chi connectivity index (χ0v) is 14.3. The number of rotatable bonds is 5. The fourth-order valence-electron chi connectivity index (χ4n) is 3.75. The molecule has 0 bridgehead atoms. The number of nitrogens with zero attached hydrogens (tertiary/aromatic N) is 2. The Balaban J connectivity index is 1.64. The predicted molar refractivity (Wildman–Crippen MR) is 92.7 cm³/mol. The molecule has 2 fully saturated rings. The molecule has 1 aliphatic carbocycles. The van der Waals surface area contributed by atoms with Gasteiger partial charge in [0.1, 0.15) is 6.61 Å². The summed E-state index contributed by atoms with van der Waals surface area (Å²) in [6.45, 7) is 1.10. The molecule has 126 valence electrons. The Morgan fingerprint density at radius 1 is 1.22 bits per heavy atom. The van der Waals surface area contributed by atoms with Gasteiger partial charge in [-0.05, 0) is 43.4 Å². The highest BCUT2D eigenvalue weighted by atomic mass is 16.5. The molecule has 0 N–H and O–H groups in total. The van der Waals surface area contributed by atoms with E-state index in [2.05, 4.69) is 29.2 Å². The van der Waals surface area contributed by atoms with Gasteiger partial charge in [0.25, 0.3) is 0 Å². The molecule has 4 heteroatoms. The van der Waals surface area contributed by atoms with Crippen LogP contribution in [0.3, 0.4) is 0 Å². The van der Waals surface area contributed by atoms with E-state index in [-0.39, 0.29) is 18.6 Å². The summed E-state index contributed by atoms with van der Waals surface area (Å²) < 4.78 is 5.82. The quantitative estimate of drug-likeness (QED) is 0.835. The van der Waals surface area contributed by atoms with Crippen LogP contribution in [0.2, 0.25) is 0 Å². The molecule has 1 aliphatic heterocycles. The van der Waals surface area contributed by atoms with Crippen LogP contribution in [0.15, 0.2) is 24.3 Å². The molecule has 0 radical (unpaired) electrons. The minimum absolute atomic E-state index is 0.148. The van der Waals surface area contributed by atoms with Crippen LogP contribution in [0.25, 0.3) is 0 Å². The summed E-state index contributed by atoms with van der Waals surface area (Å²) in [6, 6.07) is 8.73. The van der Waals surface area contributed by atoms with Gasteiger partial charge in [0.05, 0.1) is 12.1 Å². The molecule has 0 aromatic heterocycles. The minimum atomic E-state index is 0.148. The first-order chi connectivity index (χ1) is 11.1. The van der Waals surface area contributed by atoms with E-state index in [1.807, 2.05) is 19.0 Å². The van der Waals surface area contributed by atoms with Crippen molar-refractivity contribution in [2.75, 3.05) is 32.1 Å². The predicted octanol–water partition coefficient (Wildman–Crippen LogP) is 3.38. The third kappa shape index (κ3) is 3.86. The largest absolute Gasteiger partial charge is 0.378 e. The molecule has 1 atom stereocenters. The van der Waals surface area contributed by atoms with Crippen LogP contribution in [0.4, 0.5) is 5.69 Å². The van der Waals surface area contributed by atoms with E-state index in [1.165, 1.54) is 24.1 Å². The average molecular weight is 316 g/mol. The summed E-state index contributed by atoms with van der Waals surface area (Å²) in [7, 11) is 4.10. The van der Waals surface area contributed by atoms with Crippen molar-refractivity contribution in [2.24, 2.45) is 0 Å².